The van der Waals surface area contributed by atoms with Gasteiger partial charge < -0.3 is 20.4 Å². The molecular weight excluding hydrogens is 220 g/mol. The predicted octanol–water partition coefficient (Wildman–Crippen LogP) is 1.34. The number of nitrogens with zero attached hydrogens (tertiary/aromatic N) is 1. The van der Waals surface area contributed by atoms with Crippen molar-refractivity contribution in [2.75, 3.05) is 13.2 Å². The Labute approximate surface area is 99.8 Å². The lowest BCUT2D eigenvalue weighted by atomic mass is 10.1. The zero-order chi connectivity index (χ0) is 12.1. The van der Waals surface area contributed by atoms with Gasteiger partial charge in [0.15, 0.2) is 5.84 Å². The van der Waals surface area contributed by atoms with Crippen LogP contribution >= 0.6 is 0 Å². The molecule has 0 aliphatic carbocycles. The van der Waals surface area contributed by atoms with Crippen LogP contribution in [0.3, 0.4) is 0 Å². The predicted molar refractivity (Wildman–Crippen MR) is 63.4 cm³/mol. The summed E-state index contributed by atoms with van der Waals surface area (Å²) in [5.74, 6) is 0.711. The highest BCUT2D eigenvalue weighted by Crippen LogP contribution is 2.22. The first-order chi connectivity index (χ1) is 8.31. The summed E-state index contributed by atoms with van der Waals surface area (Å²) in [7, 11) is 0. The van der Waals surface area contributed by atoms with Gasteiger partial charge in [-0.05, 0) is 12.1 Å². The summed E-state index contributed by atoms with van der Waals surface area (Å²) < 4.78 is 11.1. The van der Waals surface area contributed by atoms with Gasteiger partial charge in [-0.25, -0.2) is 0 Å². The van der Waals surface area contributed by atoms with E-state index in [2.05, 4.69) is 5.16 Å². The molecule has 1 aliphatic rings. The van der Waals surface area contributed by atoms with Gasteiger partial charge in [-0.3, -0.25) is 0 Å². The van der Waals surface area contributed by atoms with Gasteiger partial charge >= 0.3 is 0 Å². The van der Waals surface area contributed by atoms with Gasteiger partial charge in [0.2, 0.25) is 0 Å². The Bertz CT molecular complexity index is 400. The van der Waals surface area contributed by atoms with Crippen molar-refractivity contribution >= 4 is 5.84 Å². The van der Waals surface area contributed by atoms with E-state index in [1.165, 1.54) is 0 Å². The SMILES string of the molecule is N/C(=N/O)c1ccccc1OC1CCOCC1. The molecule has 0 radical (unpaired) electrons. The highest BCUT2D eigenvalue weighted by Gasteiger charge is 2.17. The van der Waals surface area contributed by atoms with Crippen LogP contribution in [-0.2, 0) is 4.74 Å². The second-order valence-corrected chi connectivity index (χ2v) is 3.91. The number of rotatable bonds is 3. The van der Waals surface area contributed by atoms with Gasteiger partial charge in [-0.1, -0.05) is 17.3 Å². The van der Waals surface area contributed by atoms with E-state index in [9.17, 15) is 0 Å². The monoisotopic (exact) mass is 236 g/mol. The second-order valence-electron chi connectivity index (χ2n) is 3.91. The number of amidine groups is 1. The molecule has 0 atom stereocenters. The molecule has 0 aromatic heterocycles. The van der Waals surface area contributed by atoms with Crippen LogP contribution in [0.5, 0.6) is 5.75 Å². The standard InChI is InChI=1S/C12H16N2O3/c13-12(14-15)10-3-1-2-4-11(10)17-9-5-7-16-8-6-9/h1-4,9,15H,5-8H2,(H2,13,14). The summed E-state index contributed by atoms with van der Waals surface area (Å²) >= 11 is 0. The average Bonchev–Trinajstić information content (AvgIpc) is 2.40. The summed E-state index contributed by atoms with van der Waals surface area (Å²) in [5, 5.41) is 11.7. The molecular formula is C12H16N2O3. The van der Waals surface area contributed by atoms with Crippen molar-refractivity contribution in [3.63, 3.8) is 0 Å². The summed E-state index contributed by atoms with van der Waals surface area (Å²) in [6.07, 6.45) is 1.87. The Morgan fingerprint density at radius 3 is 2.76 bits per heavy atom. The lowest BCUT2D eigenvalue weighted by Gasteiger charge is -2.24. The van der Waals surface area contributed by atoms with Crippen LogP contribution in [0.2, 0.25) is 0 Å². The van der Waals surface area contributed by atoms with Crippen molar-refractivity contribution in [1.82, 2.24) is 0 Å². The van der Waals surface area contributed by atoms with Gasteiger partial charge in [0.05, 0.1) is 18.8 Å². The number of oxime groups is 1. The summed E-state index contributed by atoms with van der Waals surface area (Å²) in [6.45, 7) is 1.44. The van der Waals surface area contributed by atoms with Crippen molar-refractivity contribution in [1.29, 1.82) is 0 Å². The van der Waals surface area contributed by atoms with E-state index in [0.29, 0.717) is 11.3 Å². The van der Waals surface area contributed by atoms with Crippen LogP contribution in [0.15, 0.2) is 29.4 Å². The van der Waals surface area contributed by atoms with Crippen LogP contribution in [0, 0.1) is 0 Å². The molecule has 0 unspecified atom stereocenters. The molecule has 2 rings (SSSR count). The van der Waals surface area contributed by atoms with Crippen molar-refractivity contribution in [3.8, 4) is 5.75 Å². The quantitative estimate of drug-likeness (QED) is 0.359. The summed E-state index contributed by atoms with van der Waals surface area (Å²) in [5.41, 5.74) is 6.21. The first-order valence-corrected chi connectivity index (χ1v) is 5.62. The zero-order valence-electron chi connectivity index (χ0n) is 9.50. The lowest BCUT2D eigenvalue weighted by molar-refractivity contribution is 0.0255. The molecule has 17 heavy (non-hydrogen) atoms. The number of nitrogens with two attached hydrogens (primary N) is 1. The van der Waals surface area contributed by atoms with Gasteiger partial charge in [-0.2, -0.15) is 0 Å². The van der Waals surface area contributed by atoms with E-state index in [-0.39, 0.29) is 11.9 Å². The molecule has 0 saturated carbocycles. The normalized spacial score (nSPS) is 18.0. The fraction of sp³-hybridized carbons (Fsp3) is 0.417. The van der Waals surface area contributed by atoms with Gasteiger partial charge in [0.1, 0.15) is 11.9 Å². The minimum absolute atomic E-state index is 0.0626. The van der Waals surface area contributed by atoms with Crippen molar-refractivity contribution in [3.05, 3.63) is 29.8 Å². The topological polar surface area (TPSA) is 77.1 Å². The molecule has 1 aromatic carbocycles. The van der Waals surface area contributed by atoms with Crippen LogP contribution in [-0.4, -0.2) is 30.4 Å². The molecule has 0 spiro atoms. The average molecular weight is 236 g/mol. The molecule has 0 bridgehead atoms. The molecule has 5 nitrogen and oxygen atoms in total. The Morgan fingerprint density at radius 1 is 1.35 bits per heavy atom. The number of para-hydroxylation sites is 1. The Hall–Kier alpha value is -1.75. The second kappa shape index (κ2) is 5.54. The molecule has 0 amide bonds. The summed E-state index contributed by atoms with van der Waals surface area (Å²) in [4.78, 5) is 0. The highest BCUT2D eigenvalue weighted by atomic mass is 16.5. The van der Waals surface area contributed by atoms with E-state index in [0.717, 1.165) is 26.1 Å². The van der Waals surface area contributed by atoms with E-state index < -0.39 is 0 Å². The number of hydrogen-bond acceptors (Lipinski definition) is 4. The maximum absolute atomic E-state index is 8.71. The van der Waals surface area contributed by atoms with Crippen LogP contribution in [0.25, 0.3) is 0 Å². The largest absolute Gasteiger partial charge is 0.489 e. The molecule has 5 heteroatoms. The van der Waals surface area contributed by atoms with Crippen LogP contribution in [0.1, 0.15) is 18.4 Å². The lowest BCUT2D eigenvalue weighted by Crippen LogP contribution is -2.27. The van der Waals surface area contributed by atoms with E-state index in [1.54, 1.807) is 6.07 Å². The fourth-order valence-electron chi connectivity index (χ4n) is 1.81. The molecule has 1 saturated heterocycles. The summed E-state index contributed by atoms with van der Waals surface area (Å²) in [6, 6.07) is 7.28. The molecule has 92 valence electrons. The Morgan fingerprint density at radius 2 is 2.06 bits per heavy atom. The minimum Gasteiger partial charge on any atom is -0.489 e. The third-order valence-corrected chi connectivity index (χ3v) is 2.73. The molecule has 3 N–H and O–H groups in total. The minimum atomic E-state index is 0.0626. The van der Waals surface area contributed by atoms with Crippen molar-refractivity contribution in [2.45, 2.75) is 18.9 Å². The van der Waals surface area contributed by atoms with Crippen LogP contribution < -0.4 is 10.5 Å². The maximum Gasteiger partial charge on any atom is 0.173 e. The third-order valence-electron chi connectivity index (χ3n) is 2.73. The number of benzene rings is 1. The van der Waals surface area contributed by atoms with E-state index in [4.69, 9.17) is 20.4 Å². The molecule has 1 aliphatic heterocycles. The zero-order valence-corrected chi connectivity index (χ0v) is 9.50. The van der Waals surface area contributed by atoms with Crippen molar-refractivity contribution in [2.24, 2.45) is 10.9 Å². The first-order valence-electron chi connectivity index (χ1n) is 5.62. The third kappa shape index (κ3) is 2.88. The maximum atomic E-state index is 8.71. The number of hydrogen-bond donors (Lipinski definition) is 2. The van der Waals surface area contributed by atoms with Crippen molar-refractivity contribution < 1.29 is 14.7 Å². The van der Waals surface area contributed by atoms with Gasteiger partial charge in [0, 0.05) is 12.8 Å². The first kappa shape index (κ1) is 11.7. The smallest absolute Gasteiger partial charge is 0.173 e. The molecule has 1 aromatic rings. The number of ether oxygens (including phenoxy) is 2. The molecule has 1 fully saturated rings. The molecule has 1 heterocycles. The van der Waals surface area contributed by atoms with Crippen LogP contribution in [0.4, 0.5) is 0 Å². The highest BCUT2D eigenvalue weighted by molar-refractivity contribution is 5.99. The Balaban J connectivity index is 2.14. The van der Waals surface area contributed by atoms with E-state index in [1.807, 2.05) is 18.2 Å². The van der Waals surface area contributed by atoms with Gasteiger partial charge in [0.25, 0.3) is 0 Å². The van der Waals surface area contributed by atoms with Gasteiger partial charge in [-0.15, -0.1) is 0 Å². The fourth-order valence-corrected chi connectivity index (χ4v) is 1.81. The Kier molecular flexibility index (Phi) is 3.82. The van der Waals surface area contributed by atoms with E-state index >= 15 is 0 Å².